The maximum absolute atomic E-state index is 10.6. The van der Waals surface area contributed by atoms with Crippen molar-refractivity contribution in [2.45, 2.75) is 6.92 Å². The Bertz CT molecular complexity index is 763. The van der Waals surface area contributed by atoms with E-state index in [9.17, 15) is 10.1 Å². The number of fused-ring (bicyclic) bond motifs is 1. The normalized spacial score (nSPS) is 10.8. The quantitative estimate of drug-likeness (QED) is 0.516. The highest BCUT2D eigenvalue weighted by atomic mass is 16.6. The molecule has 0 amide bonds. The Morgan fingerprint density at radius 3 is 2.63 bits per heavy atom. The lowest BCUT2D eigenvalue weighted by molar-refractivity contribution is -0.384. The van der Waals surface area contributed by atoms with Crippen molar-refractivity contribution >= 4 is 11.5 Å². The average Bonchev–Trinajstić information content (AvgIpc) is 2.78. The van der Waals surface area contributed by atoms with Crippen LogP contribution in [0.5, 0.6) is 0 Å². The summed E-state index contributed by atoms with van der Waals surface area (Å²) < 4.78 is 1.62. The Hall–Kier alpha value is -2.83. The lowest BCUT2D eigenvalue weighted by atomic mass is 10.1. The monoisotopic (exact) mass is 255 g/mol. The minimum atomic E-state index is -0.425. The first kappa shape index (κ1) is 11.3. The molecule has 0 saturated heterocycles. The zero-order valence-electron chi connectivity index (χ0n) is 10.0. The van der Waals surface area contributed by atoms with Crippen LogP contribution in [0.4, 0.5) is 5.69 Å². The molecule has 19 heavy (non-hydrogen) atoms. The van der Waals surface area contributed by atoms with Crippen molar-refractivity contribution in [3.8, 4) is 11.3 Å². The number of nitro benzene ring substituents is 1. The molecule has 7 nitrogen and oxygen atoms in total. The molecular formula is C12H9N5O2. The Morgan fingerprint density at radius 2 is 1.95 bits per heavy atom. The van der Waals surface area contributed by atoms with E-state index in [0.717, 1.165) is 11.3 Å². The van der Waals surface area contributed by atoms with E-state index in [4.69, 9.17) is 0 Å². The molecule has 2 heterocycles. The number of hydrogen-bond acceptors (Lipinski definition) is 5. The Kier molecular flexibility index (Phi) is 2.45. The molecule has 0 N–H and O–H groups in total. The summed E-state index contributed by atoms with van der Waals surface area (Å²) in [5.74, 6) is 1.13. The van der Waals surface area contributed by atoms with E-state index in [0.29, 0.717) is 11.6 Å². The first-order chi connectivity index (χ1) is 9.15. The van der Waals surface area contributed by atoms with Crippen molar-refractivity contribution in [2.75, 3.05) is 0 Å². The van der Waals surface area contributed by atoms with Crippen LogP contribution in [0.2, 0.25) is 0 Å². The van der Waals surface area contributed by atoms with Crippen LogP contribution in [0.3, 0.4) is 0 Å². The molecule has 3 rings (SSSR count). The first-order valence-electron chi connectivity index (χ1n) is 5.58. The fraction of sp³-hybridized carbons (Fsp3) is 0.0833. The molecule has 3 aromatic rings. The van der Waals surface area contributed by atoms with Gasteiger partial charge in [-0.05, 0) is 25.1 Å². The largest absolute Gasteiger partial charge is 0.269 e. The van der Waals surface area contributed by atoms with Crippen molar-refractivity contribution in [3.05, 3.63) is 52.5 Å². The predicted octanol–water partition coefficient (Wildman–Crippen LogP) is 2.01. The number of aryl methyl sites for hydroxylation is 1. The highest BCUT2D eigenvalue weighted by Crippen LogP contribution is 2.22. The molecular weight excluding hydrogens is 246 g/mol. The van der Waals surface area contributed by atoms with Crippen LogP contribution in [-0.4, -0.2) is 24.5 Å². The van der Waals surface area contributed by atoms with E-state index in [1.165, 1.54) is 12.1 Å². The van der Waals surface area contributed by atoms with E-state index >= 15 is 0 Å². The van der Waals surface area contributed by atoms with Crippen molar-refractivity contribution in [1.82, 2.24) is 19.6 Å². The van der Waals surface area contributed by atoms with Gasteiger partial charge in [-0.3, -0.25) is 10.1 Å². The summed E-state index contributed by atoms with van der Waals surface area (Å²) in [5.41, 5.74) is 1.67. The number of hydrogen-bond donors (Lipinski definition) is 0. The van der Waals surface area contributed by atoms with E-state index < -0.39 is 4.92 Å². The molecule has 0 radical (unpaired) electrons. The van der Waals surface area contributed by atoms with E-state index in [2.05, 4.69) is 15.1 Å². The predicted molar refractivity (Wildman–Crippen MR) is 67.6 cm³/mol. The molecule has 0 aliphatic rings. The van der Waals surface area contributed by atoms with Crippen LogP contribution in [0.15, 0.2) is 36.5 Å². The van der Waals surface area contributed by atoms with Gasteiger partial charge in [-0.25, -0.2) is 4.98 Å². The summed E-state index contributed by atoms with van der Waals surface area (Å²) in [6.07, 6.45) is 1.64. The Morgan fingerprint density at radius 1 is 1.21 bits per heavy atom. The van der Waals surface area contributed by atoms with Gasteiger partial charge in [-0.1, -0.05) is 0 Å². The van der Waals surface area contributed by atoms with Gasteiger partial charge in [0, 0.05) is 23.9 Å². The zero-order chi connectivity index (χ0) is 13.4. The van der Waals surface area contributed by atoms with Gasteiger partial charge in [0.1, 0.15) is 5.82 Å². The summed E-state index contributed by atoms with van der Waals surface area (Å²) in [6, 6.07) is 8.09. The summed E-state index contributed by atoms with van der Waals surface area (Å²) in [5, 5.41) is 14.9. The minimum Gasteiger partial charge on any atom is -0.258 e. The first-order valence-corrected chi connectivity index (χ1v) is 5.58. The fourth-order valence-corrected chi connectivity index (χ4v) is 1.87. The van der Waals surface area contributed by atoms with Gasteiger partial charge in [0.05, 0.1) is 10.6 Å². The topological polar surface area (TPSA) is 86.2 Å². The molecule has 94 valence electrons. The molecule has 0 bridgehead atoms. The van der Waals surface area contributed by atoms with Crippen LogP contribution >= 0.6 is 0 Å². The number of nitro groups is 1. The molecule has 0 saturated carbocycles. The van der Waals surface area contributed by atoms with Crippen LogP contribution in [0.25, 0.3) is 17.0 Å². The van der Waals surface area contributed by atoms with Gasteiger partial charge in [0.25, 0.3) is 11.5 Å². The van der Waals surface area contributed by atoms with Gasteiger partial charge >= 0.3 is 0 Å². The third-order valence-electron chi connectivity index (χ3n) is 2.72. The number of non-ortho nitro benzene ring substituents is 1. The van der Waals surface area contributed by atoms with Crippen molar-refractivity contribution in [1.29, 1.82) is 0 Å². The lowest BCUT2D eigenvalue weighted by Gasteiger charge is -2.03. The molecule has 0 aliphatic heterocycles. The number of rotatable bonds is 2. The van der Waals surface area contributed by atoms with Gasteiger partial charge < -0.3 is 0 Å². The highest BCUT2D eigenvalue weighted by Gasteiger charge is 2.09. The minimum absolute atomic E-state index is 0.0591. The maximum Gasteiger partial charge on any atom is 0.269 e. The Labute approximate surface area is 107 Å². The molecule has 0 spiro atoms. The van der Waals surface area contributed by atoms with Gasteiger partial charge in [0.15, 0.2) is 0 Å². The number of benzene rings is 1. The standard InChI is InChI=1S/C12H9N5O2/c1-8-14-12-13-7-6-11(16(12)15-8)9-2-4-10(5-3-9)17(18)19/h2-7H,1H3. The maximum atomic E-state index is 10.6. The molecule has 0 unspecified atom stereocenters. The molecule has 2 aromatic heterocycles. The van der Waals surface area contributed by atoms with Crippen LogP contribution in [0.1, 0.15) is 5.82 Å². The molecule has 0 aliphatic carbocycles. The summed E-state index contributed by atoms with van der Waals surface area (Å²) in [6.45, 7) is 1.79. The third kappa shape index (κ3) is 1.90. The van der Waals surface area contributed by atoms with Gasteiger partial charge in [0.2, 0.25) is 0 Å². The Balaban J connectivity index is 2.15. The summed E-state index contributed by atoms with van der Waals surface area (Å²) in [4.78, 5) is 18.5. The van der Waals surface area contributed by atoms with Crippen LogP contribution in [-0.2, 0) is 0 Å². The van der Waals surface area contributed by atoms with E-state index in [1.54, 1.807) is 35.8 Å². The van der Waals surface area contributed by atoms with Crippen molar-refractivity contribution < 1.29 is 4.92 Å². The molecule has 1 aromatic carbocycles. The van der Waals surface area contributed by atoms with Gasteiger partial charge in [-0.2, -0.15) is 9.50 Å². The lowest BCUT2D eigenvalue weighted by Crippen LogP contribution is -1.96. The molecule has 0 fully saturated rings. The third-order valence-corrected chi connectivity index (χ3v) is 2.72. The highest BCUT2D eigenvalue weighted by molar-refractivity contribution is 5.62. The van der Waals surface area contributed by atoms with Crippen molar-refractivity contribution in [2.24, 2.45) is 0 Å². The number of aromatic nitrogens is 4. The smallest absolute Gasteiger partial charge is 0.258 e. The van der Waals surface area contributed by atoms with Crippen LogP contribution in [0, 0.1) is 17.0 Å². The molecule has 0 atom stereocenters. The SMILES string of the molecule is Cc1nc2nccc(-c3ccc([N+](=O)[O-])cc3)n2n1. The number of nitrogens with zero attached hydrogens (tertiary/aromatic N) is 5. The van der Waals surface area contributed by atoms with Crippen molar-refractivity contribution in [3.63, 3.8) is 0 Å². The summed E-state index contributed by atoms with van der Waals surface area (Å²) >= 11 is 0. The summed E-state index contributed by atoms with van der Waals surface area (Å²) in [7, 11) is 0. The average molecular weight is 255 g/mol. The van der Waals surface area contributed by atoms with Gasteiger partial charge in [-0.15, -0.1) is 5.10 Å². The molecule has 7 heteroatoms. The van der Waals surface area contributed by atoms with E-state index in [-0.39, 0.29) is 5.69 Å². The second-order valence-corrected chi connectivity index (χ2v) is 4.00. The second kappa shape index (κ2) is 4.13. The fourth-order valence-electron chi connectivity index (χ4n) is 1.87. The van der Waals surface area contributed by atoms with Crippen LogP contribution < -0.4 is 0 Å². The second-order valence-electron chi connectivity index (χ2n) is 4.00. The van der Waals surface area contributed by atoms with E-state index in [1.807, 2.05) is 0 Å². The zero-order valence-corrected chi connectivity index (χ0v) is 10.0.